The van der Waals surface area contributed by atoms with Gasteiger partial charge in [0.2, 0.25) is 0 Å². The highest BCUT2D eigenvalue weighted by Crippen LogP contribution is 2.14. The molecule has 0 saturated carbocycles. The van der Waals surface area contributed by atoms with Gasteiger partial charge in [-0.3, -0.25) is 14.4 Å². The Balaban J connectivity index is 4.49. The quantitative estimate of drug-likeness (QED) is 0.0261. The topological polar surface area (TPSA) is 78.9 Å². The summed E-state index contributed by atoms with van der Waals surface area (Å²) < 4.78 is 16.8. The highest BCUT2D eigenvalue weighted by Gasteiger charge is 2.19. The van der Waals surface area contributed by atoms with Crippen LogP contribution in [0.4, 0.5) is 0 Å². The van der Waals surface area contributed by atoms with Crippen LogP contribution in [0.25, 0.3) is 0 Å². The standard InChI is InChI=1S/C67H108O6/c1-4-7-10-13-16-19-22-25-28-30-31-32-33-34-35-37-39-42-45-48-51-54-57-60-66(69)72-63-64(62-71-65(68)59-56-53-50-47-44-41-38-27-24-21-18-15-12-9-6-3)73-67(70)61-58-55-52-49-46-43-40-36-29-26-23-20-17-14-11-8-5-2/h7-8,10-11,16-17,19-20,25-29,31-32,34-35,38,40,43,49,52,64H,4-6,9,12-15,18,21-24,30,33,36-37,39,41-42,44-48,50-51,53-63H2,1-3H3/b10-7-,11-8-,19-16-,20-17-,28-25-,29-26-,32-31-,35-34-,38-27-,43-40-,52-49-. The maximum Gasteiger partial charge on any atom is 0.306 e. The third-order valence-corrected chi connectivity index (χ3v) is 12.1. The average molecular weight is 1010 g/mol. The fourth-order valence-corrected chi connectivity index (χ4v) is 7.73. The van der Waals surface area contributed by atoms with E-state index in [1.165, 1.54) is 77.0 Å². The van der Waals surface area contributed by atoms with E-state index < -0.39 is 6.10 Å². The molecule has 0 saturated heterocycles. The average Bonchev–Trinajstić information content (AvgIpc) is 3.39. The molecular formula is C67H108O6. The third-order valence-electron chi connectivity index (χ3n) is 12.1. The first-order valence-electron chi connectivity index (χ1n) is 29.7. The summed E-state index contributed by atoms with van der Waals surface area (Å²) >= 11 is 0. The molecule has 0 aromatic rings. The SMILES string of the molecule is CC/C=C\C/C=C\C/C=C\C/C=C\C/C=C\CCCCCCCCCC(=O)OCC(COC(=O)CCCCCCC/C=C\CCCCCCCC)OC(=O)CCC/C=C\C/C=C\C/C=C\C/C=C\C/C=C\CC. The molecule has 0 spiro atoms. The lowest BCUT2D eigenvalue weighted by atomic mass is 10.1. The Kier molecular flexibility index (Phi) is 56.4. The number of carbonyl (C=O) groups excluding carboxylic acids is 3. The molecule has 0 N–H and O–H groups in total. The number of rotatable bonds is 52. The molecule has 0 amide bonds. The van der Waals surface area contributed by atoms with Gasteiger partial charge in [0, 0.05) is 19.3 Å². The van der Waals surface area contributed by atoms with E-state index in [1.54, 1.807) is 0 Å². The number of ether oxygens (including phenoxy) is 3. The van der Waals surface area contributed by atoms with Crippen molar-refractivity contribution in [3.63, 3.8) is 0 Å². The molecule has 0 aliphatic rings. The van der Waals surface area contributed by atoms with Gasteiger partial charge in [0.25, 0.3) is 0 Å². The third kappa shape index (κ3) is 58.3. The Hall–Kier alpha value is -4.45. The van der Waals surface area contributed by atoms with Crippen molar-refractivity contribution in [2.75, 3.05) is 13.2 Å². The van der Waals surface area contributed by atoms with Gasteiger partial charge in [-0.25, -0.2) is 0 Å². The van der Waals surface area contributed by atoms with Crippen LogP contribution in [0.3, 0.4) is 0 Å². The first kappa shape index (κ1) is 68.6. The Labute approximate surface area is 449 Å². The summed E-state index contributed by atoms with van der Waals surface area (Å²) in [5.74, 6) is -0.992. The van der Waals surface area contributed by atoms with Gasteiger partial charge >= 0.3 is 17.9 Å². The number of hydrogen-bond acceptors (Lipinski definition) is 6. The molecule has 6 heteroatoms. The van der Waals surface area contributed by atoms with Crippen LogP contribution in [-0.2, 0) is 28.6 Å². The molecule has 0 aromatic carbocycles. The van der Waals surface area contributed by atoms with Crippen LogP contribution in [0.2, 0.25) is 0 Å². The minimum absolute atomic E-state index is 0.112. The van der Waals surface area contributed by atoms with Crippen molar-refractivity contribution in [2.24, 2.45) is 0 Å². The fraction of sp³-hybridized carbons (Fsp3) is 0.627. The van der Waals surface area contributed by atoms with Crippen molar-refractivity contribution in [3.8, 4) is 0 Å². The number of carbonyl (C=O) groups is 3. The summed E-state index contributed by atoms with van der Waals surface area (Å²) in [7, 11) is 0. The van der Waals surface area contributed by atoms with Crippen molar-refractivity contribution < 1.29 is 28.6 Å². The van der Waals surface area contributed by atoms with Gasteiger partial charge in [-0.1, -0.05) is 238 Å². The molecule has 73 heavy (non-hydrogen) atoms. The maximum atomic E-state index is 12.9. The molecule has 0 fully saturated rings. The summed E-state index contributed by atoms with van der Waals surface area (Å²) in [4.78, 5) is 38.2. The zero-order valence-corrected chi connectivity index (χ0v) is 47.1. The molecule has 0 bridgehead atoms. The molecule has 0 aliphatic heterocycles. The smallest absolute Gasteiger partial charge is 0.306 e. The number of allylic oxidation sites excluding steroid dienone is 22. The normalized spacial score (nSPS) is 13.1. The van der Waals surface area contributed by atoms with Crippen molar-refractivity contribution in [2.45, 2.75) is 258 Å². The van der Waals surface area contributed by atoms with Crippen LogP contribution in [0.5, 0.6) is 0 Å². The van der Waals surface area contributed by atoms with E-state index in [-0.39, 0.29) is 37.5 Å². The summed E-state index contributed by atoms with van der Waals surface area (Å²) in [6.07, 6.45) is 84.5. The van der Waals surface area contributed by atoms with Crippen molar-refractivity contribution >= 4 is 17.9 Å². The zero-order chi connectivity index (χ0) is 52.9. The minimum atomic E-state index is -0.821. The van der Waals surface area contributed by atoms with E-state index in [1.807, 2.05) is 0 Å². The predicted octanol–water partition coefficient (Wildman–Crippen LogP) is 20.2. The van der Waals surface area contributed by atoms with Crippen LogP contribution in [-0.4, -0.2) is 37.2 Å². The molecule has 0 rings (SSSR count). The molecule has 0 aliphatic carbocycles. The Morgan fingerprint density at radius 2 is 0.548 bits per heavy atom. The highest BCUT2D eigenvalue weighted by molar-refractivity contribution is 5.71. The maximum absolute atomic E-state index is 12.9. The lowest BCUT2D eigenvalue weighted by molar-refractivity contribution is -0.167. The molecule has 412 valence electrons. The molecular weight excluding hydrogens is 901 g/mol. The summed E-state index contributed by atoms with van der Waals surface area (Å²) in [5.41, 5.74) is 0. The zero-order valence-electron chi connectivity index (χ0n) is 47.1. The highest BCUT2D eigenvalue weighted by atomic mass is 16.6. The number of esters is 3. The Morgan fingerprint density at radius 1 is 0.288 bits per heavy atom. The molecule has 0 aromatic heterocycles. The van der Waals surface area contributed by atoms with Crippen LogP contribution >= 0.6 is 0 Å². The second kappa shape index (κ2) is 60.1. The first-order chi connectivity index (χ1) is 36.0. The summed E-state index contributed by atoms with van der Waals surface area (Å²) in [5, 5.41) is 0. The van der Waals surface area contributed by atoms with E-state index in [4.69, 9.17) is 14.2 Å². The van der Waals surface area contributed by atoms with Gasteiger partial charge < -0.3 is 14.2 Å². The molecule has 0 radical (unpaired) electrons. The van der Waals surface area contributed by atoms with Crippen LogP contribution < -0.4 is 0 Å². The monoisotopic (exact) mass is 1010 g/mol. The van der Waals surface area contributed by atoms with Crippen molar-refractivity contribution in [1.29, 1.82) is 0 Å². The van der Waals surface area contributed by atoms with E-state index in [0.29, 0.717) is 19.3 Å². The Morgan fingerprint density at radius 3 is 0.890 bits per heavy atom. The molecule has 6 nitrogen and oxygen atoms in total. The lowest BCUT2D eigenvalue weighted by Crippen LogP contribution is -2.30. The first-order valence-corrected chi connectivity index (χ1v) is 29.7. The number of hydrogen-bond donors (Lipinski definition) is 0. The molecule has 1 unspecified atom stereocenters. The van der Waals surface area contributed by atoms with Crippen LogP contribution in [0.1, 0.15) is 252 Å². The molecule has 0 heterocycles. The van der Waals surface area contributed by atoms with Gasteiger partial charge in [-0.05, 0) is 128 Å². The van der Waals surface area contributed by atoms with E-state index >= 15 is 0 Å². The van der Waals surface area contributed by atoms with E-state index in [9.17, 15) is 14.4 Å². The second-order valence-corrected chi connectivity index (χ2v) is 19.1. The van der Waals surface area contributed by atoms with Gasteiger partial charge in [-0.2, -0.15) is 0 Å². The summed E-state index contributed by atoms with van der Waals surface area (Å²) in [6, 6.07) is 0. The van der Waals surface area contributed by atoms with Crippen molar-refractivity contribution in [3.05, 3.63) is 134 Å². The van der Waals surface area contributed by atoms with Crippen LogP contribution in [0.15, 0.2) is 134 Å². The van der Waals surface area contributed by atoms with Crippen LogP contribution in [0, 0.1) is 0 Å². The lowest BCUT2D eigenvalue weighted by Gasteiger charge is -2.18. The van der Waals surface area contributed by atoms with E-state index in [2.05, 4.69) is 154 Å². The largest absolute Gasteiger partial charge is 0.462 e. The van der Waals surface area contributed by atoms with Gasteiger partial charge in [0.1, 0.15) is 13.2 Å². The Bertz CT molecular complexity index is 1580. The van der Waals surface area contributed by atoms with Gasteiger partial charge in [-0.15, -0.1) is 0 Å². The second-order valence-electron chi connectivity index (χ2n) is 19.1. The van der Waals surface area contributed by atoms with E-state index in [0.717, 1.165) is 128 Å². The summed E-state index contributed by atoms with van der Waals surface area (Å²) in [6.45, 7) is 6.34. The van der Waals surface area contributed by atoms with Gasteiger partial charge in [0.05, 0.1) is 0 Å². The fourth-order valence-electron chi connectivity index (χ4n) is 7.73. The minimum Gasteiger partial charge on any atom is -0.462 e. The van der Waals surface area contributed by atoms with Crippen molar-refractivity contribution in [1.82, 2.24) is 0 Å². The number of unbranched alkanes of at least 4 members (excludes halogenated alkanes) is 19. The predicted molar refractivity (Wildman–Crippen MR) is 316 cm³/mol. The molecule has 1 atom stereocenters. The van der Waals surface area contributed by atoms with Gasteiger partial charge in [0.15, 0.2) is 6.10 Å².